The smallest absolute Gasteiger partial charge is 0.246 e. The Morgan fingerprint density at radius 1 is 1.12 bits per heavy atom. The molecule has 41 heavy (non-hydrogen) atoms. The van der Waals surface area contributed by atoms with Crippen molar-refractivity contribution in [3.05, 3.63) is 60.8 Å². The van der Waals surface area contributed by atoms with Gasteiger partial charge >= 0.3 is 0 Å². The summed E-state index contributed by atoms with van der Waals surface area (Å²) in [6.45, 7) is 8.27. The molecule has 0 fully saturated rings. The molecule has 0 bridgehead atoms. The molecule has 216 valence electrons. The van der Waals surface area contributed by atoms with Crippen molar-refractivity contribution in [2.24, 2.45) is 0 Å². The van der Waals surface area contributed by atoms with Crippen LogP contribution in [0.5, 0.6) is 0 Å². The SMILES string of the molecule is CC(C)S(=O)(=O)c1ccccc1Nc1nc(N)nc2ccn(-c3cccc(NC(=O)CN(C=O)OC(C)(C)C)c3)c12. The second-order valence-corrected chi connectivity index (χ2v) is 13.0. The minimum atomic E-state index is -3.60. The number of sulfone groups is 1. The summed E-state index contributed by atoms with van der Waals surface area (Å²) in [5.41, 5.74) is 7.92. The average Bonchev–Trinajstić information content (AvgIpc) is 3.31. The van der Waals surface area contributed by atoms with Crippen LogP contribution in [0, 0.1) is 0 Å². The maximum absolute atomic E-state index is 13.0. The van der Waals surface area contributed by atoms with Gasteiger partial charge in [-0.25, -0.2) is 18.5 Å². The summed E-state index contributed by atoms with van der Waals surface area (Å²) in [6, 6.07) is 15.4. The van der Waals surface area contributed by atoms with Crippen molar-refractivity contribution >= 4 is 56.3 Å². The number of fused-ring (bicyclic) bond motifs is 1. The molecule has 2 amide bonds. The lowest BCUT2D eigenvalue weighted by Gasteiger charge is -2.26. The van der Waals surface area contributed by atoms with Crippen LogP contribution in [0.25, 0.3) is 16.7 Å². The van der Waals surface area contributed by atoms with E-state index in [1.807, 2.05) is 6.07 Å². The number of nitrogens with two attached hydrogens (primary N) is 1. The minimum absolute atomic E-state index is 0.0140. The van der Waals surface area contributed by atoms with E-state index in [-0.39, 0.29) is 17.4 Å². The molecule has 2 aromatic heterocycles. The van der Waals surface area contributed by atoms with Crippen molar-refractivity contribution in [2.45, 2.75) is 50.4 Å². The third kappa shape index (κ3) is 6.81. The zero-order valence-corrected chi connectivity index (χ0v) is 24.3. The van der Waals surface area contributed by atoms with Gasteiger partial charge in [0.15, 0.2) is 15.7 Å². The van der Waals surface area contributed by atoms with Gasteiger partial charge in [-0.1, -0.05) is 18.2 Å². The number of carbonyl (C=O) groups excluding carboxylic acids is 2. The van der Waals surface area contributed by atoms with Crippen LogP contribution in [-0.2, 0) is 24.3 Å². The number of para-hydroxylation sites is 1. The summed E-state index contributed by atoms with van der Waals surface area (Å²) >= 11 is 0. The number of carbonyl (C=O) groups is 2. The molecular formula is C28H33N7O5S. The van der Waals surface area contributed by atoms with E-state index in [4.69, 9.17) is 10.6 Å². The maximum Gasteiger partial charge on any atom is 0.246 e. The van der Waals surface area contributed by atoms with Gasteiger partial charge in [-0.2, -0.15) is 4.98 Å². The number of nitrogens with one attached hydrogen (secondary N) is 2. The van der Waals surface area contributed by atoms with Crippen LogP contribution < -0.4 is 16.4 Å². The van der Waals surface area contributed by atoms with E-state index in [1.54, 1.807) is 93.9 Å². The van der Waals surface area contributed by atoms with E-state index in [2.05, 4.69) is 20.6 Å². The van der Waals surface area contributed by atoms with E-state index in [0.29, 0.717) is 40.3 Å². The first-order valence-electron chi connectivity index (χ1n) is 12.8. The fourth-order valence-corrected chi connectivity index (χ4v) is 5.29. The lowest BCUT2D eigenvalue weighted by atomic mass is 10.2. The molecule has 0 aliphatic rings. The van der Waals surface area contributed by atoms with Gasteiger partial charge in [-0.3, -0.25) is 14.4 Å². The highest BCUT2D eigenvalue weighted by Gasteiger charge is 2.24. The van der Waals surface area contributed by atoms with Gasteiger partial charge in [0, 0.05) is 17.6 Å². The largest absolute Gasteiger partial charge is 0.368 e. The predicted molar refractivity (Wildman–Crippen MR) is 158 cm³/mol. The number of benzene rings is 2. The molecule has 0 unspecified atom stereocenters. The van der Waals surface area contributed by atoms with Gasteiger partial charge in [-0.05, 0) is 71.0 Å². The van der Waals surface area contributed by atoms with E-state index >= 15 is 0 Å². The molecule has 2 aromatic carbocycles. The first-order chi connectivity index (χ1) is 19.3. The van der Waals surface area contributed by atoms with Crippen LogP contribution >= 0.6 is 0 Å². The molecule has 0 atom stereocenters. The number of hydroxylamine groups is 2. The van der Waals surface area contributed by atoms with Crippen molar-refractivity contribution in [3.8, 4) is 5.69 Å². The van der Waals surface area contributed by atoms with Crippen LogP contribution in [0.4, 0.5) is 23.1 Å². The summed E-state index contributed by atoms with van der Waals surface area (Å²) in [4.78, 5) is 38.3. The Labute approximate surface area is 238 Å². The molecule has 0 saturated heterocycles. The predicted octanol–water partition coefficient (Wildman–Crippen LogP) is 4.06. The van der Waals surface area contributed by atoms with Crippen molar-refractivity contribution in [2.75, 3.05) is 22.9 Å². The highest BCUT2D eigenvalue weighted by molar-refractivity contribution is 7.92. The Bertz CT molecular complexity index is 1690. The highest BCUT2D eigenvalue weighted by atomic mass is 32.2. The van der Waals surface area contributed by atoms with Crippen molar-refractivity contribution in [3.63, 3.8) is 0 Å². The Balaban J connectivity index is 1.68. The molecule has 12 nitrogen and oxygen atoms in total. The molecule has 0 radical (unpaired) electrons. The standard InChI is InChI=1S/C28H33N7O5S/c1-18(2)41(38,39)23-12-7-6-11-21(23)31-26-25-22(32-27(29)33-26)13-14-35(25)20-10-8-9-19(15-20)30-24(37)16-34(17-36)40-28(3,4)5/h6-15,17-18H,16H2,1-5H3,(H,30,37)(H3,29,31,32,33). The molecule has 0 spiro atoms. The number of rotatable bonds is 10. The van der Waals surface area contributed by atoms with E-state index < -0.39 is 26.6 Å². The second kappa shape index (κ2) is 11.6. The second-order valence-electron chi connectivity index (χ2n) is 10.5. The highest BCUT2D eigenvalue weighted by Crippen LogP contribution is 2.32. The molecular weight excluding hydrogens is 546 g/mol. The van der Waals surface area contributed by atoms with Crippen LogP contribution in [0.2, 0.25) is 0 Å². The van der Waals surface area contributed by atoms with Gasteiger partial charge in [0.25, 0.3) is 0 Å². The lowest BCUT2D eigenvalue weighted by molar-refractivity contribution is -0.214. The number of nitrogen functional groups attached to an aromatic ring is 1. The molecule has 0 aliphatic carbocycles. The van der Waals surface area contributed by atoms with Gasteiger partial charge in [0.2, 0.25) is 18.3 Å². The van der Waals surface area contributed by atoms with Crippen LogP contribution in [0.1, 0.15) is 34.6 Å². The zero-order chi connectivity index (χ0) is 29.9. The van der Waals surface area contributed by atoms with Gasteiger partial charge in [-0.15, -0.1) is 0 Å². The molecule has 4 rings (SSSR count). The van der Waals surface area contributed by atoms with Crippen molar-refractivity contribution in [1.29, 1.82) is 0 Å². The van der Waals surface area contributed by atoms with Crippen LogP contribution in [0.15, 0.2) is 65.7 Å². The fraction of sp³-hybridized carbons (Fsp3) is 0.286. The van der Waals surface area contributed by atoms with E-state index in [1.165, 1.54) is 0 Å². The molecule has 0 aliphatic heterocycles. The number of hydrogen-bond donors (Lipinski definition) is 3. The quantitative estimate of drug-likeness (QED) is 0.186. The third-order valence-electron chi connectivity index (χ3n) is 5.83. The summed E-state index contributed by atoms with van der Waals surface area (Å²) in [7, 11) is -3.60. The number of aromatic nitrogens is 3. The zero-order valence-electron chi connectivity index (χ0n) is 23.5. The molecule has 4 aromatic rings. The Kier molecular flexibility index (Phi) is 8.31. The lowest BCUT2D eigenvalue weighted by Crippen LogP contribution is -2.38. The van der Waals surface area contributed by atoms with Crippen molar-refractivity contribution < 1.29 is 22.8 Å². The van der Waals surface area contributed by atoms with Crippen LogP contribution in [0.3, 0.4) is 0 Å². The Morgan fingerprint density at radius 3 is 2.54 bits per heavy atom. The first kappa shape index (κ1) is 29.5. The average molecular weight is 580 g/mol. The third-order valence-corrected chi connectivity index (χ3v) is 8.04. The molecule has 4 N–H and O–H groups in total. The topological polar surface area (TPSA) is 162 Å². The van der Waals surface area contributed by atoms with E-state index in [0.717, 1.165) is 5.06 Å². The normalized spacial score (nSPS) is 12.0. The fourth-order valence-electron chi connectivity index (χ4n) is 4.08. The molecule has 0 saturated carbocycles. The van der Waals surface area contributed by atoms with E-state index in [9.17, 15) is 18.0 Å². The summed E-state index contributed by atoms with van der Waals surface area (Å²) in [5.74, 6) is -0.128. The maximum atomic E-state index is 13.0. The molecule has 2 heterocycles. The minimum Gasteiger partial charge on any atom is -0.368 e. The molecule has 13 heteroatoms. The van der Waals surface area contributed by atoms with Crippen LogP contribution in [-0.4, -0.2) is 57.7 Å². The van der Waals surface area contributed by atoms with Gasteiger partial charge < -0.3 is 20.9 Å². The number of hydrogen-bond acceptors (Lipinski definition) is 9. The number of amides is 2. The Hall–Kier alpha value is -4.49. The number of nitrogens with zero attached hydrogens (tertiary/aromatic N) is 4. The van der Waals surface area contributed by atoms with Crippen molar-refractivity contribution in [1.82, 2.24) is 19.6 Å². The monoisotopic (exact) mass is 579 g/mol. The van der Waals surface area contributed by atoms with Gasteiger partial charge in [0.05, 0.1) is 27.0 Å². The van der Waals surface area contributed by atoms with Gasteiger partial charge in [0.1, 0.15) is 12.1 Å². The summed E-state index contributed by atoms with van der Waals surface area (Å²) < 4.78 is 27.8. The summed E-state index contributed by atoms with van der Waals surface area (Å²) in [5, 5.41) is 6.24. The summed E-state index contributed by atoms with van der Waals surface area (Å²) in [6.07, 6.45) is 2.23. The first-order valence-corrected chi connectivity index (χ1v) is 14.4. The number of anilines is 4. The Morgan fingerprint density at radius 2 is 1.85 bits per heavy atom.